The van der Waals surface area contributed by atoms with E-state index in [1.807, 2.05) is 30.3 Å². The third kappa shape index (κ3) is 3.97. The molecule has 0 radical (unpaired) electrons. The molecule has 1 aliphatic heterocycles. The summed E-state index contributed by atoms with van der Waals surface area (Å²) in [6.45, 7) is 5.05. The molecule has 1 aliphatic rings. The lowest BCUT2D eigenvalue weighted by atomic mass is 10.1. The summed E-state index contributed by atoms with van der Waals surface area (Å²) in [4.78, 5) is 3.90. The maximum absolute atomic E-state index is 9.91. The molecular formula is C18H21BrClN2O2+. The molecule has 3 rings (SSSR count). The quantitative estimate of drug-likeness (QED) is 0.811. The van der Waals surface area contributed by atoms with Crippen LogP contribution < -0.4 is 14.5 Å². The monoisotopic (exact) mass is 411 g/mol. The molecule has 4 nitrogen and oxygen atoms in total. The third-order valence-electron chi connectivity index (χ3n) is 4.41. The number of hydrogen-bond donors (Lipinski definition) is 2. The molecule has 2 aromatic rings. The molecule has 0 saturated carbocycles. The summed E-state index contributed by atoms with van der Waals surface area (Å²) in [7, 11) is 1.57. The SMILES string of the molecule is COc1cc(C[NH+]2CCN(c3cccc(Cl)c3)CC2)cc(Br)c1O. The van der Waals surface area contributed by atoms with E-state index in [-0.39, 0.29) is 5.75 Å². The van der Waals surface area contributed by atoms with Crippen LogP contribution in [-0.4, -0.2) is 38.4 Å². The molecule has 0 spiro atoms. The van der Waals surface area contributed by atoms with E-state index in [1.165, 1.54) is 10.6 Å². The van der Waals surface area contributed by atoms with Gasteiger partial charge in [-0.2, -0.15) is 0 Å². The van der Waals surface area contributed by atoms with Crippen molar-refractivity contribution in [3.8, 4) is 11.5 Å². The smallest absolute Gasteiger partial charge is 0.172 e. The standard InChI is InChI=1S/C18H20BrClN2O2/c1-24-17-10-13(9-16(19)18(17)23)12-21-5-7-22(8-6-21)15-4-2-3-14(20)11-15/h2-4,9-11,23H,5-8,12H2,1H3/p+1. The van der Waals surface area contributed by atoms with E-state index in [2.05, 4.69) is 26.9 Å². The normalized spacial score (nSPS) is 15.5. The minimum atomic E-state index is 0.155. The van der Waals surface area contributed by atoms with Gasteiger partial charge in [-0.05, 0) is 46.3 Å². The molecule has 6 heteroatoms. The Morgan fingerprint density at radius 3 is 2.67 bits per heavy atom. The van der Waals surface area contributed by atoms with Gasteiger partial charge in [0.25, 0.3) is 0 Å². The second kappa shape index (κ2) is 7.64. The van der Waals surface area contributed by atoms with E-state index < -0.39 is 0 Å². The number of benzene rings is 2. The summed E-state index contributed by atoms with van der Waals surface area (Å²) in [5.41, 5.74) is 2.35. The van der Waals surface area contributed by atoms with Gasteiger partial charge in [0.2, 0.25) is 0 Å². The molecule has 128 valence electrons. The lowest BCUT2D eigenvalue weighted by Crippen LogP contribution is -3.13. The summed E-state index contributed by atoms with van der Waals surface area (Å²) < 4.78 is 5.91. The van der Waals surface area contributed by atoms with Gasteiger partial charge >= 0.3 is 0 Å². The van der Waals surface area contributed by atoms with E-state index in [9.17, 15) is 5.11 Å². The number of hydrogen-bond acceptors (Lipinski definition) is 3. The fourth-order valence-electron chi connectivity index (χ4n) is 3.10. The van der Waals surface area contributed by atoms with Gasteiger partial charge in [0.05, 0.1) is 37.8 Å². The fourth-order valence-corrected chi connectivity index (χ4v) is 3.78. The van der Waals surface area contributed by atoms with E-state index in [4.69, 9.17) is 16.3 Å². The van der Waals surface area contributed by atoms with E-state index in [0.717, 1.165) is 43.3 Å². The number of halogens is 2. The molecule has 2 aromatic carbocycles. The van der Waals surface area contributed by atoms with E-state index in [1.54, 1.807) is 7.11 Å². The Balaban J connectivity index is 1.62. The highest BCUT2D eigenvalue weighted by Crippen LogP contribution is 2.35. The molecule has 0 aromatic heterocycles. The third-order valence-corrected chi connectivity index (χ3v) is 5.25. The van der Waals surface area contributed by atoms with Crippen molar-refractivity contribution in [3.63, 3.8) is 0 Å². The summed E-state index contributed by atoms with van der Waals surface area (Å²) in [6.07, 6.45) is 0. The first-order valence-corrected chi connectivity index (χ1v) is 9.13. The molecule has 2 N–H and O–H groups in total. The summed E-state index contributed by atoms with van der Waals surface area (Å²) in [5.74, 6) is 0.665. The van der Waals surface area contributed by atoms with Gasteiger partial charge in [0.1, 0.15) is 6.54 Å². The Morgan fingerprint density at radius 1 is 1.25 bits per heavy atom. The van der Waals surface area contributed by atoms with Crippen LogP contribution in [0.2, 0.25) is 5.02 Å². The van der Waals surface area contributed by atoms with Crippen LogP contribution in [0.15, 0.2) is 40.9 Å². The molecule has 1 saturated heterocycles. The molecule has 0 unspecified atom stereocenters. The number of piperazine rings is 1. The van der Waals surface area contributed by atoms with Gasteiger partial charge < -0.3 is 19.6 Å². The van der Waals surface area contributed by atoms with E-state index >= 15 is 0 Å². The minimum Gasteiger partial charge on any atom is -0.503 e. The predicted octanol–water partition coefficient (Wildman–Crippen LogP) is 2.72. The maximum atomic E-state index is 9.91. The first kappa shape index (κ1) is 17.4. The molecule has 0 bridgehead atoms. The Morgan fingerprint density at radius 2 is 2.00 bits per heavy atom. The largest absolute Gasteiger partial charge is 0.503 e. The zero-order valence-corrected chi connectivity index (χ0v) is 15.9. The lowest BCUT2D eigenvalue weighted by Gasteiger charge is -2.33. The molecular weight excluding hydrogens is 392 g/mol. The van der Waals surface area contributed by atoms with Crippen molar-refractivity contribution in [1.82, 2.24) is 0 Å². The topological polar surface area (TPSA) is 37.1 Å². The van der Waals surface area contributed by atoms with Crippen molar-refractivity contribution in [2.24, 2.45) is 0 Å². The Labute approximate surface area is 155 Å². The van der Waals surface area contributed by atoms with Crippen molar-refractivity contribution in [2.45, 2.75) is 6.54 Å². The number of anilines is 1. The lowest BCUT2D eigenvalue weighted by molar-refractivity contribution is -0.914. The van der Waals surface area contributed by atoms with Crippen LogP contribution in [0.1, 0.15) is 5.56 Å². The van der Waals surface area contributed by atoms with E-state index in [0.29, 0.717) is 10.2 Å². The average molecular weight is 413 g/mol. The Kier molecular flexibility index (Phi) is 5.54. The van der Waals surface area contributed by atoms with Gasteiger partial charge in [-0.25, -0.2) is 0 Å². The molecule has 1 heterocycles. The predicted molar refractivity (Wildman–Crippen MR) is 100 cm³/mol. The number of phenolic OH excluding ortho intramolecular Hbond substituents is 1. The van der Waals surface area contributed by atoms with Crippen molar-refractivity contribution in [3.05, 3.63) is 51.5 Å². The van der Waals surface area contributed by atoms with Gasteiger partial charge in [-0.3, -0.25) is 0 Å². The average Bonchev–Trinajstić information content (AvgIpc) is 2.58. The van der Waals surface area contributed by atoms with Crippen molar-refractivity contribution >= 4 is 33.2 Å². The zero-order chi connectivity index (χ0) is 17.1. The second-order valence-corrected chi connectivity index (χ2v) is 7.31. The minimum absolute atomic E-state index is 0.155. The highest BCUT2D eigenvalue weighted by atomic mass is 79.9. The van der Waals surface area contributed by atoms with Crippen molar-refractivity contribution in [2.75, 3.05) is 38.2 Å². The Hall–Kier alpha value is -1.43. The van der Waals surface area contributed by atoms with Crippen LogP contribution in [0.5, 0.6) is 11.5 Å². The number of aromatic hydroxyl groups is 1. The number of phenols is 1. The highest BCUT2D eigenvalue weighted by molar-refractivity contribution is 9.10. The molecule has 0 aliphatic carbocycles. The number of nitrogens with one attached hydrogen (secondary N) is 1. The fraction of sp³-hybridized carbons (Fsp3) is 0.333. The summed E-state index contributed by atoms with van der Waals surface area (Å²) in [6, 6.07) is 11.9. The van der Waals surface area contributed by atoms with Gasteiger partial charge in [-0.15, -0.1) is 0 Å². The number of nitrogens with zero attached hydrogens (tertiary/aromatic N) is 1. The van der Waals surface area contributed by atoms with Gasteiger partial charge in [0.15, 0.2) is 11.5 Å². The number of quaternary nitrogens is 1. The van der Waals surface area contributed by atoms with Crippen LogP contribution in [0.25, 0.3) is 0 Å². The molecule has 0 amide bonds. The van der Waals surface area contributed by atoms with Crippen molar-refractivity contribution < 1.29 is 14.7 Å². The van der Waals surface area contributed by atoms with Gasteiger partial charge in [0, 0.05) is 16.3 Å². The van der Waals surface area contributed by atoms with Crippen molar-refractivity contribution in [1.29, 1.82) is 0 Å². The molecule has 0 atom stereocenters. The van der Waals surface area contributed by atoms with Gasteiger partial charge in [-0.1, -0.05) is 17.7 Å². The second-order valence-electron chi connectivity index (χ2n) is 6.02. The molecule has 1 fully saturated rings. The maximum Gasteiger partial charge on any atom is 0.172 e. The number of ether oxygens (including phenoxy) is 1. The van der Waals surface area contributed by atoms with Crippen LogP contribution in [0.3, 0.4) is 0 Å². The first-order chi connectivity index (χ1) is 11.6. The zero-order valence-electron chi connectivity index (χ0n) is 13.6. The highest BCUT2D eigenvalue weighted by Gasteiger charge is 2.21. The van der Waals surface area contributed by atoms with Crippen LogP contribution >= 0.6 is 27.5 Å². The number of methoxy groups -OCH3 is 1. The summed E-state index contributed by atoms with van der Waals surface area (Å²) in [5, 5.41) is 10.7. The Bertz CT molecular complexity index is 718. The van der Waals surface area contributed by atoms with Crippen LogP contribution in [0, 0.1) is 0 Å². The first-order valence-electron chi connectivity index (χ1n) is 7.96. The van der Waals surface area contributed by atoms with Crippen LogP contribution in [0.4, 0.5) is 5.69 Å². The van der Waals surface area contributed by atoms with Crippen LogP contribution in [-0.2, 0) is 6.54 Å². The summed E-state index contributed by atoms with van der Waals surface area (Å²) >= 11 is 9.48. The number of rotatable bonds is 4. The molecule has 24 heavy (non-hydrogen) atoms.